The summed E-state index contributed by atoms with van der Waals surface area (Å²) in [7, 11) is 4.46. The summed E-state index contributed by atoms with van der Waals surface area (Å²) in [6.45, 7) is 5.85. The Morgan fingerprint density at radius 2 is 0.882 bits per heavy atom. The highest BCUT2D eigenvalue weighted by Gasteiger charge is 2.09. The van der Waals surface area contributed by atoms with E-state index in [1.54, 1.807) is 0 Å². The van der Waals surface area contributed by atoms with Gasteiger partial charge >= 0.3 is 0 Å². The fraction of sp³-hybridized carbons (Fsp3) is 0.879. The number of unbranched alkanes of at least 4 members (excludes halogenated alkanes) is 16. The van der Waals surface area contributed by atoms with Gasteiger partial charge in [-0.15, -0.1) is 0 Å². The van der Waals surface area contributed by atoms with Gasteiger partial charge in [-0.05, 0) is 65.1 Å². The van der Waals surface area contributed by atoms with Crippen LogP contribution in [0.1, 0.15) is 162 Å². The first kappa shape index (κ1) is 33.4. The van der Waals surface area contributed by atoms with E-state index in [-0.39, 0.29) is 0 Å². The van der Waals surface area contributed by atoms with E-state index >= 15 is 0 Å². The zero-order chi connectivity index (χ0) is 25.0. The maximum absolute atomic E-state index is 2.40. The van der Waals surface area contributed by atoms with Crippen LogP contribution in [0.25, 0.3) is 0 Å². The molecule has 202 valence electrons. The van der Waals surface area contributed by atoms with Crippen molar-refractivity contribution in [2.75, 3.05) is 20.6 Å². The molecule has 34 heavy (non-hydrogen) atoms. The second-order valence-corrected chi connectivity index (χ2v) is 11.1. The first-order valence-corrected chi connectivity index (χ1v) is 15.6. The Balaban J connectivity index is 3.61. The maximum atomic E-state index is 2.40. The monoisotopic (exact) mass is 476 g/mol. The number of hydrogen-bond donors (Lipinski definition) is 0. The lowest BCUT2D eigenvalue weighted by molar-refractivity contribution is 0.314. The first-order chi connectivity index (χ1) is 16.7. The van der Waals surface area contributed by atoms with E-state index in [0.717, 1.165) is 12.3 Å². The van der Waals surface area contributed by atoms with Crippen LogP contribution in [-0.2, 0) is 0 Å². The largest absolute Gasteiger partial charge is 0.309 e. The molecule has 0 aliphatic carbocycles. The third-order valence-corrected chi connectivity index (χ3v) is 7.26. The van der Waals surface area contributed by atoms with Crippen molar-refractivity contribution in [3.63, 3.8) is 0 Å². The minimum absolute atomic E-state index is 0.969. The second-order valence-electron chi connectivity index (χ2n) is 11.1. The smallest absolute Gasteiger partial charge is 0.00222 e. The average molecular weight is 476 g/mol. The summed E-state index contributed by atoms with van der Waals surface area (Å²) in [5.41, 5.74) is 0. The Labute approximate surface area is 217 Å². The van der Waals surface area contributed by atoms with Crippen LogP contribution in [0.2, 0.25) is 0 Å². The lowest BCUT2D eigenvalue weighted by Gasteiger charge is -2.19. The zero-order valence-corrected chi connectivity index (χ0v) is 24.3. The Morgan fingerprint density at radius 1 is 0.471 bits per heavy atom. The minimum Gasteiger partial charge on any atom is -0.309 e. The molecule has 0 fully saturated rings. The Hall–Kier alpha value is -0.560. The highest BCUT2D eigenvalue weighted by atomic mass is 15.0. The van der Waals surface area contributed by atoms with E-state index in [9.17, 15) is 0 Å². The van der Waals surface area contributed by atoms with E-state index < -0.39 is 0 Å². The molecule has 0 saturated carbocycles. The van der Waals surface area contributed by atoms with Crippen LogP contribution in [0.5, 0.6) is 0 Å². The molecule has 0 saturated heterocycles. The molecule has 1 heteroatoms. The molecule has 0 aliphatic rings. The topological polar surface area (TPSA) is 3.24 Å². The molecule has 0 radical (unpaired) electrons. The van der Waals surface area contributed by atoms with Crippen LogP contribution in [0.15, 0.2) is 24.3 Å². The number of rotatable bonds is 27. The minimum atomic E-state index is 0.969. The van der Waals surface area contributed by atoms with Gasteiger partial charge in [0, 0.05) is 0 Å². The fourth-order valence-electron chi connectivity index (χ4n) is 4.86. The van der Waals surface area contributed by atoms with Crippen LogP contribution in [0, 0.1) is 5.92 Å². The highest BCUT2D eigenvalue weighted by molar-refractivity contribution is 4.92. The van der Waals surface area contributed by atoms with Crippen LogP contribution >= 0.6 is 0 Å². The SMILES string of the molecule is CCCCC/C=C/C/C=C/CCCCCCCCCC(CCCCCCCCC)CCN(C)C. The first-order valence-electron chi connectivity index (χ1n) is 15.6. The third-order valence-electron chi connectivity index (χ3n) is 7.26. The molecule has 0 aliphatic heterocycles. The molecule has 0 rings (SSSR count). The molecule has 0 aromatic heterocycles. The Kier molecular flexibility index (Phi) is 28.2. The van der Waals surface area contributed by atoms with Gasteiger partial charge in [-0.1, -0.05) is 147 Å². The zero-order valence-electron chi connectivity index (χ0n) is 24.3. The third kappa shape index (κ3) is 27.7. The van der Waals surface area contributed by atoms with Gasteiger partial charge in [0.1, 0.15) is 0 Å². The van der Waals surface area contributed by atoms with Crippen molar-refractivity contribution in [3.05, 3.63) is 24.3 Å². The van der Waals surface area contributed by atoms with Crippen molar-refractivity contribution in [1.82, 2.24) is 4.90 Å². The normalized spacial score (nSPS) is 13.1. The average Bonchev–Trinajstić information content (AvgIpc) is 2.83. The van der Waals surface area contributed by atoms with Crippen molar-refractivity contribution < 1.29 is 0 Å². The van der Waals surface area contributed by atoms with Gasteiger partial charge in [0.25, 0.3) is 0 Å². The lowest BCUT2D eigenvalue weighted by atomic mass is 9.91. The van der Waals surface area contributed by atoms with E-state index in [4.69, 9.17) is 0 Å². The summed E-state index contributed by atoms with van der Waals surface area (Å²) < 4.78 is 0. The van der Waals surface area contributed by atoms with Gasteiger partial charge in [-0.3, -0.25) is 0 Å². The quantitative estimate of drug-likeness (QED) is 0.0843. The molecule has 1 nitrogen and oxygen atoms in total. The van der Waals surface area contributed by atoms with Gasteiger partial charge in [-0.2, -0.15) is 0 Å². The summed E-state index contributed by atoms with van der Waals surface area (Å²) in [5.74, 6) is 0.969. The van der Waals surface area contributed by atoms with Crippen molar-refractivity contribution in [2.24, 2.45) is 5.92 Å². The van der Waals surface area contributed by atoms with Crippen LogP contribution in [0.3, 0.4) is 0 Å². The van der Waals surface area contributed by atoms with Crippen molar-refractivity contribution in [3.8, 4) is 0 Å². The predicted molar refractivity (Wildman–Crippen MR) is 158 cm³/mol. The molecule has 0 N–H and O–H groups in total. The molecule has 0 heterocycles. The van der Waals surface area contributed by atoms with Gasteiger partial charge in [0.05, 0.1) is 0 Å². The van der Waals surface area contributed by atoms with Crippen LogP contribution in [-0.4, -0.2) is 25.5 Å². The van der Waals surface area contributed by atoms with Gasteiger partial charge in [-0.25, -0.2) is 0 Å². The van der Waals surface area contributed by atoms with E-state index in [2.05, 4.69) is 57.1 Å². The number of hydrogen-bond acceptors (Lipinski definition) is 1. The standard InChI is InChI=1S/C33H65N/c1-5-7-9-11-13-14-15-16-17-18-19-20-21-22-24-26-28-30-33(31-32-34(3)4)29-27-25-23-12-10-8-6-2/h13-14,16-17,33H,5-12,15,18-32H2,1-4H3/b14-13+,17-16+. The predicted octanol–water partition coefficient (Wildman–Crippen LogP) is 11.3. The van der Waals surface area contributed by atoms with Gasteiger partial charge in [0.2, 0.25) is 0 Å². The maximum Gasteiger partial charge on any atom is -0.00222 e. The van der Waals surface area contributed by atoms with E-state index in [1.807, 2.05) is 0 Å². The lowest BCUT2D eigenvalue weighted by Crippen LogP contribution is -2.17. The summed E-state index contributed by atoms with van der Waals surface area (Å²) in [6, 6.07) is 0. The van der Waals surface area contributed by atoms with Gasteiger partial charge < -0.3 is 4.90 Å². The molecule has 1 unspecified atom stereocenters. The van der Waals surface area contributed by atoms with Crippen LogP contribution < -0.4 is 0 Å². The molecule has 0 bridgehead atoms. The van der Waals surface area contributed by atoms with E-state index in [1.165, 1.54) is 148 Å². The fourth-order valence-corrected chi connectivity index (χ4v) is 4.86. The highest BCUT2D eigenvalue weighted by Crippen LogP contribution is 2.22. The van der Waals surface area contributed by atoms with Crippen molar-refractivity contribution >= 4 is 0 Å². The summed E-state index contributed by atoms with van der Waals surface area (Å²) in [6.07, 6.45) is 41.7. The van der Waals surface area contributed by atoms with Crippen LogP contribution in [0.4, 0.5) is 0 Å². The molecule has 0 spiro atoms. The van der Waals surface area contributed by atoms with E-state index in [0.29, 0.717) is 0 Å². The second kappa shape index (κ2) is 28.7. The summed E-state index contributed by atoms with van der Waals surface area (Å²) in [4.78, 5) is 2.37. The molecule has 1 atom stereocenters. The molecule has 0 aromatic carbocycles. The number of nitrogens with zero attached hydrogens (tertiary/aromatic N) is 1. The molecule has 0 aromatic rings. The van der Waals surface area contributed by atoms with Crippen molar-refractivity contribution in [1.29, 1.82) is 0 Å². The number of allylic oxidation sites excluding steroid dienone is 4. The van der Waals surface area contributed by atoms with Crippen molar-refractivity contribution in [2.45, 2.75) is 162 Å². The Bertz CT molecular complexity index is 422. The van der Waals surface area contributed by atoms with Gasteiger partial charge in [0.15, 0.2) is 0 Å². The molecule has 0 amide bonds. The Morgan fingerprint density at radius 3 is 1.38 bits per heavy atom. The summed E-state index contributed by atoms with van der Waals surface area (Å²) >= 11 is 0. The molecular formula is C33H65N. The molecular weight excluding hydrogens is 410 g/mol. The summed E-state index contributed by atoms with van der Waals surface area (Å²) in [5, 5.41) is 0.